The average molecular weight is 164 g/mol. The van der Waals surface area contributed by atoms with Gasteiger partial charge >= 0.3 is 0 Å². The van der Waals surface area contributed by atoms with E-state index in [1.807, 2.05) is 43.3 Å². The van der Waals surface area contributed by atoms with Gasteiger partial charge in [-0.1, -0.05) is 23.4 Å². The molecule has 0 bridgehead atoms. The van der Waals surface area contributed by atoms with E-state index in [9.17, 15) is 0 Å². The van der Waals surface area contributed by atoms with Gasteiger partial charge in [0.25, 0.3) is 0 Å². The smallest absolute Gasteiger partial charge is 0.0754 e. The maximum absolute atomic E-state index is 8.38. The predicted molar refractivity (Wildman–Crippen MR) is 50.1 cm³/mol. The van der Waals surface area contributed by atoms with E-state index >= 15 is 0 Å². The van der Waals surface area contributed by atoms with Crippen molar-refractivity contribution < 1.29 is 5.21 Å². The molecule has 0 fully saturated rings. The van der Waals surface area contributed by atoms with Gasteiger partial charge in [-0.3, -0.25) is 0 Å². The molecule has 0 heterocycles. The monoisotopic (exact) mass is 164 g/mol. The van der Waals surface area contributed by atoms with Gasteiger partial charge in [-0.2, -0.15) is 0 Å². The summed E-state index contributed by atoms with van der Waals surface area (Å²) in [4.78, 5) is 1.97. The van der Waals surface area contributed by atoms with Crippen LogP contribution in [0.15, 0.2) is 29.4 Å². The summed E-state index contributed by atoms with van der Waals surface area (Å²) in [5.41, 5.74) is 1.94. The fourth-order valence-corrected chi connectivity index (χ4v) is 1.07. The summed E-state index contributed by atoms with van der Waals surface area (Å²) in [7, 11) is 3.90. The first-order valence-electron chi connectivity index (χ1n) is 3.69. The zero-order valence-corrected chi connectivity index (χ0v) is 7.23. The molecule has 0 saturated carbocycles. The summed E-state index contributed by atoms with van der Waals surface area (Å²) >= 11 is 0. The van der Waals surface area contributed by atoms with E-state index in [0.29, 0.717) is 0 Å². The Morgan fingerprint density at radius 1 is 1.33 bits per heavy atom. The van der Waals surface area contributed by atoms with Gasteiger partial charge < -0.3 is 10.1 Å². The minimum atomic E-state index is 0.907. The van der Waals surface area contributed by atoms with Crippen LogP contribution in [0.25, 0.3) is 0 Å². The number of hydrogen-bond donors (Lipinski definition) is 1. The van der Waals surface area contributed by atoms with Gasteiger partial charge in [-0.25, -0.2) is 0 Å². The van der Waals surface area contributed by atoms with Crippen LogP contribution in [0.4, 0.5) is 5.69 Å². The molecule has 0 aliphatic heterocycles. The van der Waals surface area contributed by atoms with Crippen molar-refractivity contribution in [3.8, 4) is 0 Å². The highest BCUT2D eigenvalue weighted by Gasteiger charge is 1.99. The molecule has 0 aromatic heterocycles. The molecule has 0 amide bonds. The average Bonchev–Trinajstić information content (AvgIpc) is 2.05. The zero-order chi connectivity index (χ0) is 8.97. The molecule has 0 aliphatic carbocycles. The minimum absolute atomic E-state index is 0.907. The Balaban J connectivity index is 3.08. The second-order valence-corrected chi connectivity index (χ2v) is 2.70. The number of benzene rings is 1. The van der Waals surface area contributed by atoms with Crippen molar-refractivity contribution in [1.29, 1.82) is 0 Å². The van der Waals surface area contributed by atoms with Crippen molar-refractivity contribution in [3.05, 3.63) is 29.8 Å². The molecule has 0 spiro atoms. The number of rotatable bonds is 2. The first kappa shape index (κ1) is 8.59. The summed E-state index contributed by atoms with van der Waals surface area (Å²) in [6.45, 7) is 0. The molecule has 0 unspecified atom stereocenters. The third-order valence-electron chi connectivity index (χ3n) is 1.62. The first-order valence-corrected chi connectivity index (χ1v) is 3.69. The lowest BCUT2D eigenvalue weighted by Gasteiger charge is -2.14. The van der Waals surface area contributed by atoms with Gasteiger partial charge in [0.15, 0.2) is 0 Å². The van der Waals surface area contributed by atoms with Crippen LogP contribution in [0.2, 0.25) is 0 Å². The normalized spacial score (nSPS) is 10.5. The second kappa shape index (κ2) is 3.76. The predicted octanol–water partition coefficient (Wildman–Crippen LogP) is 1.56. The summed E-state index contributed by atoms with van der Waals surface area (Å²) < 4.78 is 0. The third kappa shape index (κ3) is 1.75. The van der Waals surface area contributed by atoms with Crippen LogP contribution in [0.1, 0.15) is 5.56 Å². The first-order chi connectivity index (χ1) is 5.75. The van der Waals surface area contributed by atoms with Crippen LogP contribution in [-0.4, -0.2) is 25.5 Å². The highest BCUT2D eigenvalue weighted by molar-refractivity contribution is 5.87. The van der Waals surface area contributed by atoms with Crippen molar-refractivity contribution >= 4 is 11.9 Å². The Labute approximate surface area is 71.9 Å². The lowest BCUT2D eigenvalue weighted by molar-refractivity contribution is 0.322. The molecule has 12 heavy (non-hydrogen) atoms. The SMILES string of the molecule is CN(C)c1ccccc1C=NO. The summed E-state index contributed by atoms with van der Waals surface area (Å²) in [6.07, 6.45) is 1.43. The Hall–Kier alpha value is -1.51. The van der Waals surface area contributed by atoms with E-state index in [4.69, 9.17) is 5.21 Å². The summed E-state index contributed by atoms with van der Waals surface area (Å²) in [5, 5.41) is 11.4. The van der Waals surface area contributed by atoms with Crippen LogP contribution in [0, 0.1) is 0 Å². The maximum Gasteiger partial charge on any atom is 0.0754 e. The van der Waals surface area contributed by atoms with Gasteiger partial charge in [0.2, 0.25) is 0 Å². The van der Waals surface area contributed by atoms with Crippen LogP contribution < -0.4 is 4.90 Å². The molecular formula is C9H12N2O. The van der Waals surface area contributed by atoms with E-state index < -0.39 is 0 Å². The van der Waals surface area contributed by atoms with Gasteiger partial charge in [0.1, 0.15) is 0 Å². The van der Waals surface area contributed by atoms with Gasteiger partial charge in [-0.15, -0.1) is 0 Å². The van der Waals surface area contributed by atoms with E-state index in [2.05, 4.69) is 5.16 Å². The molecule has 1 N–H and O–H groups in total. The fourth-order valence-electron chi connectivity index (χ4n) is 1.07. The van der Waals surface area contributed by atoms with Crippen LogP contribution >= 0.6 is 0 Å². The molecule has 1 rings (SSSR count). The molecular weight excluding hydrogens is 152 g/mol. The highest BCUT2D eigenvalue weighted by Crippen LogP contribution is 2.15. The minimum Gasteiger partial charge on any atom is -0.411 e. The topological polar surface area (TPSA) is 35.8 Å². The highest BCUT2D eigenvalue weighted by atomic mass is 16.4. The van der Waals surface area contributed by atoms with Crippen molar-refractivity contribution in [2.45, 2.75) is 0 Å². The lowest BCUT2D eigenvalue weighted by atomic mass is 10.2. The van der Waals surface area contributed by atoms with Crippen LogP contribution in [-0.2, 0) is 0 Å². The quantitative estimate of drug-likeness (QED) is 0.409. The number of nitrogens with zero attached hydrogens (tertiary/aromatic N) is 2. The molecule has 0 radical (unpaired) electrons. The standard InChI is InChI=1S/C9H12N2O/c1-11(2)9-6-4-3-5-8(9)7-10-12/h3-7,12H,1-2H3. The second-order valence-electron chi connectivity index (χ2n) is 2.70. The Bertz CT molecular complexity index is 282. The summed E-state index contributed by atoms with van der Waals surface area (Å²) in [5.74, 6) is 0. The van der Waals surface area contributed by atoms with Crippen molar-refractivity contribution in [3.63, 3.8) is 0 Å². The Morgan fingerprint density at radius 2 is 2.00 bits per heavy atom. The molecule has 1 aromatic carbocycles. The third-order valence-corrected chi connectivity index (χ3v) is 1.62. The van der Waals surface area contributed by atoms with Crippen LogP contribution in [0.3, 0.4) is 0 Å². The maximum atomic E-state index is 8.38. The molecule has 1 aromatic rings. The van der Waals surface area contributed by atoms with Crippen molar-refractivity contribution in [1.82, 2.24) is 0 Å². The van der Waals surface area contributed by atoms with Crippen molar-refractivity contribution in [2.75, 3.05) is 19.0 Å². The summed E-state index contributed by atoms with van der Waals surface area (Å²) in [6, 6.07) is 7.72. The van der Waals surface area contributed by atoms with Gasteiger partial charge in [-0.05, 0) is 6.07 Å². The molecule has 0 aliphatic rings. The van der Waals surface area contributed by atoms with Crippen LogP contribution in [0.5, 0.6) is 0 Å². The largest absolute Gasteiger partial charge is 0.411 e. The molecule has 3 nitrogen and oxygen atoms in total. The Morgan fingerprint density at radius 3 is 2.58 bits per heavy atom. The number of anilines is 1. The number of para-hydroxylation sites is 1. The van der Waals surface area contributed by atoms with E-state index in [0.717, 1.165) is 11.3 Å². The Kier molecular flexibility index (Phi) is 2.69. The lowest BCUT2D eigenvalue weighted by Crippen LogP contribution is -2.10. The fraction of sp³-hybridized carbons (Fsp3) is 0.222. The molecule has 3 heteroatoms. The zero-order valence-electron chi connectivity index (χ0n) is 7.23. The molecule has 0 atom stereocenters. The van der Waals surface area contributed by atoms with E-state index in [1.54, 1.807) is 0 Å². The van der Waals surface area contributed by atoms with E-state index in [1.165, 1.54) is 6.21 Å². The molecule has 0 saturated heterocycles. The molecule has 64 valence electrons. The van der Waals surface area contributed by atoms with Crippen molar-refractivity contribution in [2.24, 2.45) is 5.16 Å². The number of hydrogen-bond acceptors (Lipinski definition) is 3. The van der Waals surface area contributed by atoms with E-state index in [-0.39, 0.29) is 0 Å². The number of oxime groups is 1. The van der Waals surface area contributed by atoms with Gasteiger partial charge in [0.05, 0.1) is 6.21 Å². The van der Waals surface area contributed by atoms with Gasteiger partial charge in [0, 0.05) is 25.3 Å².